The number of carboxylic acid groups (broad SMARTS) is 1. The standard InChI is InChI=1S/C9H6BrF3O3/c10-3-4-1-7(16-9(12)13)6(11)2-5(4)8(14)15/h1-2,9H,3H2,(H,14,15). The average molecular weight is 299 g/mol. The van der Waals surface area contributed by atoms with Gasteiger partial charge in [0, 0.05) is 5.33 Å². The van der Waals surface area contributed by atoms with E-state index in [0.717, 1.165) is 6.07 Å². The van der Waals surface area contributed by atoms with Crippen LogP contribution in [0.25, 0.3) is 0 Å². The maximum atomic E-state index is 13.2. The summed E-state index contributed by atoms with van der Waals surface area (Å²) in [5, 5.41) is 8.81. The maximum absolute atomic E-state index is 13.2. The largest absolute Gasteiger partial charge is 0.478 e. The van der Waals surface area contributed by atoms with Gasteiger partial charge in [-0.1, -0.05) is 15.9 Å². The maximum Gasteiger partial charge on any atom is 0.387 e. The summed E-state index contributed by atoms with van der Waals surface area (Å²) in [4.78, 5) is 10.7. The highest BCUT2D eigenvalue weighted by Gasteiger charge is 2.17. The zero-order valence-corrected chi connectivity index (χ0v) is 9.30. The Morgan fingerprint density at radius 3 is 2.56 bits per heavy atom. The lowest BCUT2D eigenvalue weighted by atomic mass is 10.1. The number of carbonyl (C=O) groups is 1. The molecule has 88 valence electrons. The molecule has 0 amide bonds. The van der Waals surface area contributed by atoms with E-state index in [0.29, 0.717) is 6.07 Å². The quantitative estimate of drug-likeness (QED) is 0.869. The minimum Gasteiger partial charge on any atom is -0.478 e. The zero-order valence-electron chi connectivity index (χ0n) is 7.71. The van der Waals surface area contributed by atoms with Crippen molar-refractivity contribution in [1.82, 2.24) is 0 Å². The lowest BCUT2D eigenvalue weighted by Gasteiger charge is -2.09. The highest BCUT2D eigenvalue weighted by molar-refractivity contribution is 9.08. The van der Waals surface area contributed by atoms with Gasteiger partial charge >= 0.3 is 12.6 Å². The molecule has 0 fully saturated rings. The molecule has 0 bridgehead atoms. The zero-order chi connectivity index (χ0) is 12.3. The number of ether oxygens (including phenoxy) is 1. The van der Waals surface area contributed by atoms with Crippen LogP contribution in [0.15, 0.2) is 12.1 Å². The second kappa shape index (κ2) is 5.20. The van der Waals surface area contributed by atoms with E-state index in [4.69, 9.17) is 5.11 Å². The average Bonchev–Trinajstić information content (AvgIpc) is 2.19. The molecule has 7 heteroatoms. The number of hydrogen-bond donors (Lipinski definition) is 1. The van der Waals surface area contributed by atoms with Crippen LogP contribution >= 0.6 is 15.9 Å². The molecule has 0 atom stereocenters. The molecule has 1 rings (SSSR count). The van der Waals surface area contributed by atoms with E-state index in [9.17, 15) is 18.0 Å². The Morgan fingerprint density at radius 1 is 1.50 bits per heavy atom. The summed E-state index contributed by atoms with van der Waals surface area (Å²) < 4.78 is 40.8. The SMILES string of the molecule is O=C(O)c1cc(F)c(OC(F)F)cc1CBr. The Labute approximate surface area is 97.0 Å². The Hall–Kier alpha value is -1.24. The van der Waals surface area contributed by atoms with Crippen LogP contribution in [0.1, 0.15) is 15.9 Å². The molecule has 0 saturated carbocycles. The third-order valence-electron chi connectivity index (χ3n) is 1.75. The molecule has 0 aliphatic carbocycles. The van der Waals surface area contributed by atoms with Crippen molar-refractivity contribution in [2.24, 2.45) is 0 Å². The van der Waals surface area contributed by atoms with Crippen molar-refractivity contribution in [2.75, 3.05) is 0 Å². The minimum atomic E-state index is -3.16. The fraction of sp³-hybridized carbons (Fsp3) is 0.222. The van der Waals surface area contributed by atoms with E-state index in [-0.39, 0.29) is 16.5 Å². The third-order valence-corrected chi connectivity index (χ3v) is 2.35. The number of aromatic carboxylic acids is 1. The number of hydrogen-bond acceptors (Lipinski definition) is 2. The highest BCUT2D eigenvalue weighted by Crippen LogP contribution is 2.25. The molecule has 1 aromatic rings. The minimum absolute atomic E-state index is 0.0918. The first-order chi connectivity index (χ1) is 7.45. The van der Waals surface area contributed by atoms with Gasteiger partial charge in [-0.25, -0.2) is 9.18 Å². The van der Waals surface area contributed by atoms with Crippen molar-refractivity contribution in [3.05, 3.63) is 29.1 Å². The van der Waals surface area contributed by atoms with Crippen molar-refractivity contribution in [3.63, 3.8) is 0 Å². The number of rotatable bonds is 4. The normalized spacial score (nSPS) is 10.6. The molecule has 1 aromatic carbocycles. The topological polar surface area (TPSA) is 46.5 Å². The van der Waals surface area contributed by atoms with Crippen LogP contribution < -0.4 is 4.74 Å². The Kier molecular flexibility index (Phi) is 4.17. The van der Waals surface area contributed by atoms with Crippen molar-refractivity contribution < 1.29 is 27.8 Å². The van der Waals surface area contributed by atoms with Gasteiger partial charge in [-0.2, -0.15) is 8.78 Å². The van der Waals surface area contributed by atoms with Gasteiger partial charge in [0.1, 0.15) is 0 Å². The van der Waals surface area contributed by atoms with Crippen LogP contribution in [0.3, 0.4) is 0 Å². The fourth-order valence-electron chi connectivity index (χ4n) is 1.09. The van der Waals surface area contributed by atoms with E-state index >= 15 is 0 Å². The molecule has 0 saturated heterocycles. The van der Waals surface area contributed by atoms with Gasteiger partial charge in [-0.05, 0) is 17.7 Å². The summed E-state index contributed by atoms with van der Waals surface area (Å²) in [6, 6.07) is 1.58. The Balaban J connectivity index is 3.20. The third kappa shape index (κ3) is 2.88. The summed E-state index contributed by atoms with van der Waals surface area (Å²) in [7, 11) is 0. The predicted molar refractivity (Wildman–Crippen MR) is 52.6 cm³/mol. The summed E-state index contributed by atoms with van der Waals surface area (Å²) >= 11 is 2.97. The number of halogens is 4. The van der Waals surface area contributed by atoms with Gasteiger partial charge in [-0.3, -0.25) is 0 Å². The molecular formula is C9H6BrF3O3. The van der Waals surface area contributed by atoms with Gasteiger partial charge in [-0.15, -0.1) is 0 Å². The van der Waals surface area contributed by atoms with Crippen molar-refractivity contribution >= 4 is 21.9 Å². The second-order valence-corrected chi connectivity index (χ2v) is 3.32. The molecule has 0 radical (unpaired) electrons. The van der Waals surface area contributed by atoms with Gasteiger partial charge in [0.15, 0.2) is 11.6 Å². The van der Waals surface area contributed by atoms with Crippen LogP contribution in [0, 0.1) is 5.82 Å². The smallest absolute Gasteiger partial charge is 0.387 e. The second-order valence-electron chi connectivity index (χ2n) is 2.76. The molecule has 3 nitrogen and oxygen atoms in total. The highest BCUT2D eigenvalue weighted by atomic mass is 79.9. The summed E-state index contributed by atoms with van der Waals surface area (Å²) in [5.74, 6) is -3.14. The van der Waals surface area contributed by atoms with Gasteiger partial charge < -0.3 is 9.84 Å². The number of carboxylic acids is 1. The fourth-order valence-corrected chi connectivity index (χ4v) is 1.56. The van der Waals surface area contributed by atoms with Crippen molar-refractivity contribution in [2.45, 2.75) is 11.9 Å². The molecule has 0 aromatic heterocycles. The van der Waals surface area contributed by atoms with E-state index in [2.05, 4.69) is 20.7 Å². The first-order valence-electron chi connectivity index (χ1n) is 4.02. The lowest BCUT2D eigenvalue weighted by molar-refractivity contribution is -0.0522. The summed E-state index contributed by atoms with van der Waals surface area (Å²) in [5.41, 5.74) is -0.138. The van der Waals surface area contributed by atoms with Crippen LogP contribution in [0.2, 0.25) is 0 Å². The van der Waals surface area contributed by atoms with Crippen molar-refractivity contribution in [3.8, 4) is 5.75 Å². The molecule has 0 aliphatic heterocycles. The monoisotopic (exact) mass is 298 g/mol. The predicted octanol–water partition coefficient (Wildman–Crippen LogP) is 3.02. The lowest BCUT2D eigenvalue weighted by Crippen LogP contribution is -2.07. The molecule has 0 heterocycles. The van der Waals surface area contributed by atoms with Crippen LogP contribution in [-0.4, -0.2) is 17.7 Å². The first-order valence-corrected chi connectivity index (χ1v) is 5.14. The van der Waals surface area contributed by atoms with Crippen LogP contribution in [0.5, 0.6) is 5.75 Å². The van der Waals surface area contributed by atoms with E-state index < -0.39 is 24.1 Å². The van der Waals surface area contributed by atoms with E-state index in [1.165, 1.54) is 0 Å². The van der Waals surface area contributed by atoms with Gasteiger partial charge in [0.25, 0.3) is 0 Å². The molecule has 16 heavy (non-hydrogen) atoms. The Bertz CT molecular complexity index is 409. The van der Waals surface area contributed by atoms with Crippen LogP contribution in [0.4, 0.5) is 13.2 Å². The van der Waals surface area contributed by atoms with Gasteiger partial charge in [0.2, 0.25) is 0 Å². The number of alkyl halides is 3. The first kappa shape index (κ1) is 12.8. The number of benzene rings is 1. The molecular weight excluding hydrogens is 293 g/mol. The van der Waals surface area contributed by atoms with E-state index in [1.54, 1.807) is 0 Å². The Morgan fingerprint density at radius 2 is 2.12 bits per heavy atom. The molecule has 1 N–H and O–H groups in total. The molecule has 0 aliphatic rings. The molecule has 0 spiro atoms. The van der Waals surface area contributed by atoms with Crippen LogP contribution in [-0.2, 0) is 5.33 Å². The summed E-state index contributed by atoms with van der Waals surface area (Å²) in [6.45, 7) is -3.16. The molecule has 0 unspecified atom stereocenters. The van der Waals surface area contributed by atoms with E-state index in [1.807, 2.05) is 0 Å². The van der Waals surface area contributed by atoms with Crippen molar-refractivity contribution in [1.29, 1.82) is 0 Å². The summed E-state index contributed by atoms with van der Waals surface area (Å²) in [6.07, 6.45) is 0. The van der Waals surface area contributed by atoms with Gasteiger partial charge in [0.05, 0.1) is 5.56 Å².